The first-order valence-electron chi connectivity index (χ1n) is 14.7. The Hall–Kier alpha value is -3.91. The molecule has 0 unspecified atom stereocenters. The summed E-state index contributed by atoms with van der Waals surface area (Å²) >= 11 is 0. The van der Waals surface area contributed by atoms with E-state index < -0.39 is 11.6 Å². The van der Waals surface area contributed by atoms with Crippen LogP contribution < -0.4 is 0 Å². The minimum atomic E-state index is -0.756. The van der Waals surface area contributed by atoms with E-state index in [1.54, 1.807) is 0 Å². The topological polar surface area (TPSA) is 82.3 Å². The van der Waals surface area contributed by atoms with Crippen molar-refractivity contribution in [2.24, 2.45) is 15.0 Å². The molecule has 8 nitrogen and oxygen atoms in total. The van der Waals surface area contributed by atoms with Gasteiger partial charge in [-0.2, -0.15) is 0 Å². The molecule has 3 fully saturated rings. The van der Waals surface area contributed by atoms with Gasteiger partial charge in [-0.3, -0.25) is 14.9 Å². The summed E-state index contributed by atoms with van der Waals surface area (Å²) < 4.78 is 43.2. The van der Waals surface area contributed by atoms with Gasteiger partial charge in [-0.15, -0.1) is 6.42 Å². The van der Waals surface area contributed by atoms with Crippen molar-refractivity contribution in [3.63, 3.8) is 0 Å². The lowest BCUT2D eigenvalue weighted by Gasteiger charge is -2.31. The zero-order valence-corrected chi connectivity index (χ0v) is 24.1. The molecule has 0 spiro atoms. The molecule has 43 heavy (non-hydrogen) atoms. The highest BCUT2D eigenvalue weighted by Gasteiger charge is 2.44. The zero-order chi connectivity index (χ0) is 30.0. The Bertz CT molecular complexity index is 1590. The normalized spacial score (nSPS) is 22.6. The molecule has 0 radical (unpaired) electrons. The van der Waals surface area contributed by atoms with Crippen molar-refractivity contribution in [1.29, 1.82) is 0 Å². The predicted octanol–water partition coefficient (Wildman–Crippen LogP) is 5.07. The average molecular weight is 588 g/mol. The molecular formula is C33H35F2N5O3. The van der Waals surface area contributed by atoms with Gasteiger partial charge in [-0.05, 0) is 75.5 Å². The molecule has 0 aliphatic carbocycles. The Morgan fingerprint density at radius 3 is 2.72 bits per heavy atom. The van der Waals surface area contributed by atoms with Gasteiger partial charge in [0.2, 0.25) is 0 Å². The maximum Gasteiger partial charge on any atom is 0.175 e. The van der Waals surface area contributed by atoms with Crippen molar-refractivity contribution in [2.45, 2.75) is 37.6 Å². The molecule has 4 aliphatic heterocycles. The van der Waals surface area contributed by atoms with Crippen molar-refractivity contribution in [3.8, 4) is 18.1 Å². The summed E-state index contributed by atoms with van der Waals surface area (Å²) in [6.07, 6.45) is 12.4. The molecular weight excluding hydrogens is 552 g/mol. The fourth-order valence-corrected chi connectivity index (χ4v) is 6.86. The van der Waals surface area contributed by atoms with E-state index >= 15 is 4.39 Å². The van der Waals surface area contributed by atoms with E-state index in [2.05, 4.69) is 32.5 Å². The van der Waals surface area contributed by atoms with Crippen LogP contribution in [0.3, 0.4) is 0 Å². The number of hydrogen-bond acceptors (Lipinski definition) is 8. The van der Waals surface area contributed by atoms with Crippen LogP contribution in [-0.4, -0.2) is 91.8 Å². The number of nitrogens with zero attached hydrogens (tertiary/aromatic N) is 5. The number of terminal acetylenes is 1. The van der Waals surface area contributed by atoms with Crippen LogP contribution >= 0.6 is 0 Å². The molecule has 3 saturated heterocycles. The first-order valence-corrected chi connectivity index (χ1v) is 14.7. The van der Waals surface area contributed by atoms with E-state index in [0.717, 1.165) is 45.2 Å². The summed E-state index contributed by atoms with van der Waals surface area (Å²) in [7, 11) is 0. The molecule has 0 amide bonds. The highest BCUT2D eigenvalue weighted by Crippen LogP contribution is 2.40. The molecule has 4 aliphatic rings. The van der Waals surface area contributed by atoms with Crippen molar-refractivity contribution in [2.75, 3.05) is 52.7 Å². The number of aliphatic imine (C=N–C) groups is 3. The van der Waals surface area contributed by atoms with Crippen LogP contribution in [-0.2, 0) is 9.47 Å². The second-order valence-electron chi connectivity index (χ2n) is 11.3. The van der Waals surface area contributed by atoms with E-state index in [0.29, 0.717) is 49.7 Å². The number of rotatable bonds is 7. The van der Waals surface area contributed by atoms with Gasteiger partial charge >= 0.3 is 0 Å². The number of aromatic hydroxyl groups is 1. The van der Waals surface area contributed by atoms with Gasteiger partial charge in [0.25, 0.3) is 0 Å². The minimum Gasteiger partial charge on any atom is -0.508 e. The highest BCUT2D eigenvalue weighted by atomic mass is 19.1. The van der Waals surface area contributed by atoms with Gasteiger partial charge in [0.15, 0.2) is 5.83 Å². The lowest BCUT2D eigenvalue weighted by molar-refractivity contribution is 0.0392. The number of hydrogen-bond donors (Lipinski definition) is 1. The molecule has 224 valence electrons. The number of fused-ring (bicyclic) bond motifs is 2. The Morgan fingerprint density at radius 1 is 1.14 bits per heavy atom. The van der Waals surface area contributed by atoms with E-state index in [-0.39, 0.29) is 45.9 Å². The van der Waals surface area contributed by atoms with Gasteiger partial charge in [0.1, 0.15) is 35.5 Å². The Balaban J connectivity index is 1.43. The van der Waals surface area contributed by atoms with Crippen molar-refractivity contribution in [3.05, 3.63) is 58.4 Å². The zero-order valence-electron chi connectivity index (χ0n) is 24.1. The number of halogens is 2. The Morgan fingerprint density at radius 2 is 1.95 bits per heavy atom. The number of phenolic OH excluding ortho intramolecular Hbond substituents is 1. The molecule has 2 aromatic carbocycles. The van der Waals surface area contributed by atoms with Crippen LogP contribution in [0, 0.1) is 18.2 Å². The van der Waals surface area contributed by atoms with Gasteiger partial charge < -0.3 is 19.5 Å². The maximum atomic E-state index is 16.7. The average Bonchev–Trinajstić information content (AvgIpc) is 3.47. The van der Waals surface area contributed by atoms with E-state index in [1.807, 2.05) is 4.90 Å². The van der Waals surface area contributed by atoms with Gasteiger partial charge in [0, 0.05) is 42.4 Å². The first-order chi connectivity index (χ1) is 21.0. The molecule has 0 aromatic heterocycles. The summed E-state index contributed by atoms with van der Waals surface area (Å²) in [6, 6.07) is 5.51. The molecule has 1 N–H and O–H groups in total. The third-order valence-electron chi connectivity index (χ3n) is 8.85. The Labute approximate surface area is 250 Å². The largest absolute Gasteiger partial charge is 0.508 e. The van der Waals surface area contributed by atoms with Gasteiger partial charge in [-0.1, -0.05) is 12.0 Å². The Kier molecular flexibility index (Phi) is 8.39. The lowest BCUT2D eigenvalue weighted by Crippen LogP contribution is -2.42. The summed E-state index contributed by atoms with van der Waals surface area (Å²) in [5.41, 5.74) is 0.385. The molecule has 4 heterocycles. The monoisotopic (exact) mass is 587 g/mol. The molecule has 6 rings (SSSR count). The smallest absolute Gasteiger partial charge is 0.175 e. The second-order valence-corrected chi connectivity index (χ2v) is 11.3. The van der Waals surface area contributed by atoms with Crippen LogP contribution in [0.15, 0.2) is 56.5 Å². The van der Waals surface area contributed by atoms with Crippen molar-refractivity contribution < 1.29 is 23.4 Å². The number of benzene rings is 2. The highest BCUT2D eigenvalue weighted by molar-refractivity contribution is 6.29. The van der Waals surface area contributed by atoms with Crippen LogP contribution in [0.5, 0.6) is 5.75 Å². The first kappa shape index (κ1) is 29.2. The van der Waals surface area contributed by atoms with Gasteiger partial charge in [-0.25, -0.2) is 13.8 Å². The number of ether oxygens (including phenoxy) is 2. The summed E-state index contributed by atoms with van der Waals surface area (Å²) in [5.74, 6) is 1.30. The number of allylic oxidation sites excluding steroid dienone is 2. The fourth-order valence-electron chi connectivity index (χ4n) is 6.86. The van der Waals surface area contributed by atoms with E-state index in [1.165, 1.54) is 30.5 Å². The van der Waals surface area contributed by atoms with Crippen LogP contribution in [0.25, 0.3) is 16.5 Å². The maximum absolute atomic E-state index is 16.7. The van der Waals surface area contributed by atoms with Crippen molar-refractivity contribution >= 4 is 35.1 Å². The number of phenols is 1. The second kappa shape index (κ2) is 12.4. The summed E-state index contributed by atoms with van der Waals surface area (Å²) in [6.45, 7) is 8.69. The fraction of sp³-hybridized carbons (Fsp3) is 0.424. The molecule has 0 saturated carbocycles. The van der Waals surface area contributed by atoms with Crippen LogP contribution in [0.2, 0.25) is 0 Å². The molecule has 0 bridgehead atoms. The molecule has 10 heteroatoms. The van der Waals surface area contributed by atoms with Gasteiger partial charge in [0.05, 0.1) is 24.4 Å². The minimum absolute atomic E-state index is 0.0000751. The quantitative estimate of drug-likeness (QED) is 0.278. The van der Waals surface area contributed by atoms with Crippen LogP contribution in [0.1, 0.15) is 43.2 Å². The standard InChI is InChI=1S/C33H35F2N5O3/c1-3-24-27(34)8-7-22-17-23(41)18-25(28(22)24)30-29(35)31(38-21-43-20-33-9-4-12-40(33)13-5-10-33)26(19-37-30)32(36-2)39-11-6-15-42-16-14-39/h1,7-8,17-19,41H,2,4-6,9-16,20-21H2/b32-26+,38-31+. The van der Waals surface area contributed by atoms with E-state index in [9.17, 15) is 9.50 Å². The third-order valence-corrected chi connectivity index (χ3v) is 8.85. The summed E-state index contributed by atoms with van der Waals surface area (Å²) in [4.78, 5) is 17.8. The third kappa shape index (κ3) is 5.49. The van der Waals surface area contributed by atoms with Crippen molar-refractivity contribution in [1.82, 2.24) is 9.80 Å². The van der Waals surface area contributed by atoms with E-state index in [4.69, 9.17) is 15.9 Å². The molecule has 2 aromatic rings. The lowest BCUT2D eigenvalue weighted by atomic mass is 9.94. The summed E-state index contributed by atoms with van der Waals surface area (Å²) in [5, 5.41) is 11.2. The molecule has 0 atom stereocenters. The SMILES string of the molecule is C#Cc1c(F)ccc2cc(O)cc(C3=C(F)C(=N/COCC45CCCN4CCC5)/C(=C(\N=C)N4CCCOCC4)C=N3)c12. The van der Waals surface area contributed by atoms with Crippen LogP contribution in [0.4, 0.5) is 8.78 Å². The predicted molar refractivity (Wildman–Crippen MR) is 165 cm³/mol.